The Kier molecular flexibility index (Phi) is 7.26. The molecule has 1 aromatic heterocycles. The third kappa shape index (κ3) is 4.91. The van der Waals surface area contributed by atoms with Crippen LogP contribution in [-0.4, -0.2) is 0 Å². The van der Waals surface area contributed by atoms with Crippen LogP contribution in [0.2, 0.25) is 0 Å². The second-order valence-corrected chi connectivity index (χ2v) is 16.4. The predicted molar refractivity (Wildman–Crippen MR) is 253 cm³/mol. The van der Waals surface area contributed by atoms with Gasteiger partial charge >= 0.3 is 0 Å². The quantitative estimate of drug-likeness (QED) is 0.173. The molecule has 2 heteroatoms. The zero-order valence-corrected chi connectivity index (χ0v) is 33.2. The summed E-state index contributed by atoms with van der Waals surface area (Å²) in [4.78, 5) is 2.39. The molecule has 284 valence electrons. The minimum atomic E-state index is -0.459. The number of fused-ring (bicyclic) bond motifs is 14. The van der Waals surface area contributed by atoms with E-state index < -0.39 is 5.41 Å². The number of rotatable bonds is 5. The van der Waals surface area contributed by atoms with Crippen molar-refractivity contribution >= 4 is 49.8 Å². The van der Waals surface area contributed by atoms with Gasteiger partial charge in [0, 0.05) is 33.9 Å². The smallest absolute Gasteiger partial charge is 0.137 e. The Bertz CT molecular complexity index is 3540. The van der Waals surface area contributed by atoms with E-state index in [1.807, 2.05) is 6.07 Å². The predicted octanol–water partition coefficient (Wildman–Crippen LogP) is 15.9. The van der Waals surface area contributed by atoms with Gasteiger partial charge in [0.1, 0.15) is 11.2 Å². The number of para-hydroxylation sites is 1. The van der Waals surface area contributed by atoms with E-state index in [1.54, 1.807) is 0 Å². The van der Waals surface area contributed by atoms with E-state index in [-0.39, 0.29) is 0 Å². The molecule has 0 amide bonds. The van der Waals surface area contributed by atoms with Gasteiger partial charge in [0.25, 0.3) is 0 Å². The third-order valence-electron chi connectivity index (χ3n) is 13.3. The van der Waals surface area contributed by atoms with Crippen LogP contribution in [0, 0.1) is 0 Å². The van der Waals surface area contributed by atoms with Crippen molar-refractivity contribution < 1.29 is 4.42 Å². The van der Waals surface area contributed by atoms with Crippen molar-refractivity contribution in [2.45, 2.75) is 5.41 Å². The lowest BCUT2D eigenvalue weighted by atomic mass is 9.70. The molecule has 0 bridgehead atoms. The van der Waals surface area contributed by atoms with Crippen molar-refractivity contribution in [3.63, 3.8) is 0 Å². The Morgan fingerprint density at radius 3 is 1.70 bits per heavy atom. The minimum absolute atomic E-state index is 0.459. The van der Waals surface area contributed by atoms with Crippen LogP contribution in [0.5, 0.6) is 0 Å². The lowest BCUT2D eigenvalue weighted by Gasteiger charge is -2.31. The van der Waals surface area contributed by atoms with Crippen LogP contribution in [0.4, 0.5) is 17.1 Å². The molecule has 2 aliphatic carbocycles. The van der Waals surface area contributed by atoms with Gasteiger partial charge in [0.2, 0.25) is 0 Å². The maximum Gasteiger partial charge on any atom is 0.137 e. The van der Waals surface area contributed by atoms with Gasteiger partial charge in [0.15, 0.2) is 0 Å². The molecule has 1 heterocycles. The zero-order chi connectivity index (χ0) is 40.1. The van der Waals surface area contributed by atoms with Crippen LogP contribution in [0.15, 0.2) is 229 Å². The maximum atomic E-state index is 6.50. The monoisotopic (exact) mass is 775 g/mol. The van der Waals surface area contributed by atoms with Crippen molar-refractivity contribution in [2.24, 2.45) is 0 Å². The molecule has 0 N–H and O–H groups in total. The fourth-order valence-electron chi connectivity index (χ4n) is 10.6. The van der Waals surface area contributed by atoms with Gasteiger partial charge in [-0.25, -0.2) is 0 Å². The third-order valence-corrected chi connectivity index (χ3v) is 13.3. The second kappa shape index (κ2) is 13.0. The minimum Gasteiger partial charge on any atom is -0.456 e. The van der Waals surface area contributed by atoms with Gasteiger partial charge in [0.05, 0.1) is 5.41 Å². The van der Waals surface area contributed by atoms with Crippen molar-refractivity contribution in [1.82, 2.24) is 0 Å². The van der Waals surface area contributed by atoms with Crippen LogP contribution in [-0.2, 0) is 5.41 Å². The Morgan fingerprint density at radius 2 is 0.869 bits per heavy atom. The first-order valence-electron chi connectivity index (χ1n) is 21.1. The van der Waals surface area contributed by atoms with Gasteiger partial charge in [-0.15, -0.1) is 0 Å². The SMILES string of the molecule is c1ccc(-c2ccc3c(c2)C2(c4ccccc4-c4cc(N(c5ccc(-c6cccc7ccccc67)cc5)c5ccc6c(c5)oc5ccccc56)ccc42)c2ccccc2-3)cc1. The number of anilines is 3. The molecule has 0 fully saturated rings. The highest BCUT2D eigenvalue weighted by molar-refractivity contribution is 6.06. The summed E-state index contributed by atoms with van der Waals surface area (Å²) in [6, 6.07) is 82.3. The first-order valence-corrected chi connectivity index (χ1v) is 21.1. The van der Waals surface area contributed by atoms with E-state index in [4.69, 9.17) is 4.42 Å². The van der Waals surface area contributed by atoms with Crippen LogP contribution in [0.1, 0.15) is 22.3 Å². The molecule has 2 nitrogen and oxygen atoms in total. The summed E-state index contributed by atoms with van der Waals surface area (Å²) in [5.41, 5.74) is 19.8. The van der Waals surface area contributed by atoms with Crippen molar-refractivity contribution in [2.75, 3.05) is 4.90 Å². The molecule has 1 spiro atoms. The number of nitrogens with zero attached hydrogens (tertiary/aromatic N) is 1. The molecule has 0 aliphatic heterocycles. The Balaban J connectivity index is 1.02. The average Bonchev–Trinajstić information content (AvgIpc) is 3.95. The summed E-state index contributed by atoms with van der Waals surface area (Å²) in [5.74, 6) is 0. The lowest BCUT2D eigenvalue weighted by molar-refractivity contribution is 0.669. The van der Waals surface area contributed by atoms with E-state index in [0.29, 0.717) is 0 Å². The highest BCUT2D eigenvalue weighted by Crippen LogP contribution is 2.63. The first-order chi connectivity index (χ1) is 30.2. The summed E-state index contributed by atoms with van der Waals surface area (Å²) in [7, 11) is 0. The Hall–Kier alpha value is -7.94. The molecule has 61 heavy (non-hydrogen) atoms. The summed E-state index contributed by atoms with van der Waals surface area (Å²) >= 11 is 0. The molecular weight excluding hydrogens is 739 g/mol. The standard InChI is InChI=1S/C59H37NO/c1-2-13-38(14-3-1)41-27-32-49-47-18-6-9-22-53(47)59(56(49)35-41)54-23-10-7-19-48(54)52-36-43(31-34-55(52)59)60(44-30-33-51-50-20-8-11-24-57(50)61-58(51)37-44)42-28-25-40(26-29-42)46-21-12-16-39-15-4-5-17-45(39)46/h1-37H. The molecule has 10 aromatic carbocycles. The van der Waals surface area contributed by atoms with Crippen LogP contribution < -0.4 is 4.90 Å². The highest BCUT2D eigenvalue weighted by atomic mass is 16.3. The topological polar surface area (TPSA) is 16.4 Å². The van der Waals surface area contributed by atoms with Gasteiger partial charge in [-0.1, -0.05) is 170 Å². The van der Waals surface area contributed by atoms with Gasteiger partial charge < -0.3 is 9.32 Å². The molecule has 1 atom stereocenters. The van der Waals surface area contributed by atoms with E-state index >= 15 is 0 Å². The molecule has 0 saturated carbocycles. The number of furan rings is 1. The van der Waals surface area contributed by atoms with E-state index in [2.05, 4.69) is 223 Å². The molecule has 2 aliphatic rings. The van der Waals surface area contributed by atoms with Crippen LogP contribution >= 0.6 is 0 Å². The lowest BCUT2D eigenvalue weighted by Crippen LogP contribution is -2.26. The fourth-order valence-corrected chi connectivity index (χ4v) is 10.6. The highest BCUT2D eigenvalue weighted by Gasteiger charge is 2.51. The average molecular weight is 776 g/mol. The van der Waals surface area contributed by atoms with Gasteiger partial charge in [-0.05, 0) is 126 Å². The van der Waals surface area contributed by atoms with Crippen molar-refractivity contribution in [1.29, 1.82) is 0 Å². The fraction of sp³-hybridized carbons (Fsp3) is 0.0169. The van der Waals surface area contributed by atoms with Gasteiger partial charge in [-0.2, -0.15) is 0 Å². The molecule has 0 radical (unpaired) electrons. The Morgan fingerprint density at radius 1 is 0.295 bits per heavy atom. The summed E-state index contributed by atoms with van der Waals surface area (Å²) in [6.07, 6.45) is 0. The van der Waals surface area contributed by atoms with Crippen LogP contribution in [0.25, 0.3) is 77.2 Å². The first kappa shape index (κ1) is 34.0. The Labute approximate surface area is 354 Å². The molecule has 0 saturated heterocycles. The second-order valence-electron chi connectivity index (χ2n) is 16.4. The largest absolute Gasteiger partial charge is 0.456 e. The van der Waals surface area contributed by atoms with E-state index in [0.717, 1.165) is 39.0 Å². The summed E-state index contributed by atoms with van der Waals surface area (Å²) < 4.78 is 6.50. The summed E-state index contributed by atoms with van der Waals surface area (Å²) in [5, 5.41) is 4.73. The molecule has 11 aromatic rings. The van der Waals surface area contributed by atoms with Gasteiger partial charge in [-0.3, -0.25) is 0 Å². The molecular formula is C59H37NO. The van der Waals surface area contributed by atoms with E-state index in [9.17, 15) is 0 Å². The van der Waals surface area contributed by atoms with Crippen molar-refractivity contribution in [3.8, 4) is 44.5 Å². The number of hydrogen-bond donors (Lipinski definition) is 0. The number of hydrogen-bond acceptors (Lipinski definition) is 2. The number of benzene rings is 10. The summed E-state index contributed by atoms with van der Waals surface area (Å²) in [6.45, 7) is 0. The molecule has 13 rings (SSSR count). The zero-order valence-electron chi connectivity index (χ0n) is 33.2. The maximum absolute atomic E-state index is 6.50. The molecule has 1 unspecified atom stereocenters. The van der Waals surface area contributed by atoms with Crippen LogP contribution in [0.3, 0.4) is 0 Å². The van der Waals surface area contributed by atoms with Crippen molar-refractivity contribution in [3.05, 3.63) is 247 Å². The van der Waals surface area contributed by atoms with E-state index in [1.165, 1.54) is 77.5 Å². The normalized spacial score (nSPS) is 14.6.